The van der Waals surface area contributed by atoms with Gasteiger partial charge in [-0.15, -0.1) is 0 Å². The normalized spacial score (nSPS) is 14.2. The molecule has 0 atom stereocenters. The molecule has 6 heteroatoms. The van der Waals surface area contributed by atoms with E-state index in [0.29, 0.717) is 23.1 Å². The van der Waals surface area contributed by atoms with Gasteiger partial charge in [0, 0.05) is 23.4 Å². The molecule has 2 heterocycles. The zero-order chi connectivity index (χ0) is 17.9. The van der Waals surface area contributed by atoms with Crippen LogP contribution in [0.4, 0.5) is 5.82 Å². The summed E-state index contributed by atoms with van der Waals surface area (Å²) >= 11 is 0. The quantitative estimate of drug-likeness (QED) is 0.622. The highest BCUT2D eigenvalue weighted by Crippen LogP contribution is 2.20. The second kappa shape index (κ2) is 6.89. The number of fused-ring (bicyclic) bond motifs is 1. The van der Waals surface area contributed by atoms with Crippen LogP contribution in [0.25, 0.3) is 11.0 Å². The molecule has 4 rings (SSSR count). The van der Waals surface area contributed by atoms with Gasteiger partial charge < -0.3 is 16.0 Å². The molecule has 1 saturated carbocycles. The molecule has 0 bridgehead atoms. The number of aromatic nitrogens is 3. The van der Waals surface area contributed by atoms with E-state index in [0.717, 1.165) is 29.4 Å². The fraction of sp³-hybridized carbons (Fsp3) is 0.250. The molecule has 3 aromatic rings. The number of hydrogen-bond acceptors (Lipinski definition) is 4. The van der Waals surface area contributed by atoms with E-state index < -0.39 is 0 Å². The standard InChI is InChI=1S/C20H19N5O/c21-18-17-15(11-22-19(17)24-12-23-18)9-8-13-4-3-5-14(10-13)20(26)25-16-6-1-2-7-16/h3-5,10-12,16H,1-2,6-7H2,(H,25,26)(H3,21,22,23,24). The van der Waals surface area contributed by atoms with Crippen molar-refractivity contribution in [3.05, 3.63) is 53.5 Å². The number of aromatic amines is 1. The average Bonchev–Trinajstić information content (AvgIpc) is 3.30. The zero-order valence-corrected chi connectivity index (χ0v) is 14.2. The Labute approximate surface area is 151 Å². The lowest BCUT2D eigenvalue weighted by atomic mass is 10.1. The molecule has 130 valence electrons. The first-order chi connectivity index (χ1) is 12.7. The van der Waals surface area contributed by atoms with Gasteiger partial charge in [-0.05, 0) is 31.0 Å². The zero-order valence-electron chi connectivity index (χ0n) is 14.2. The number of carbonyl (C=O) groups is 1. The number of nitrogens with one attached hydrogen (secondary N) is 2. The van der Waals surface area contributed by atoms with E-state index in [1.165, 1.54) is 19.2 Å². The Hall–Kier alpha value is -3.33. The van der Waals surface area contributed by atoms with Crippen LogP contribution >= 0.6 is 0 Å². The number of hydrogen-bond donors (Lipinski definition) is 3. The summed E-state index contributed by atoms with van der Waals surface area (Å²) in [5.41, 5.74) is 8.72. The molecule has 0 unspecified atom stereocenters. The van der Waals surface area contributed by atoms with Gasteiger partial charge >= 0.3 is 0 Å². The van der Waals surface area contributed by atoms with Crippen LogP contribution in [0.5, 0.6) is 0 Å². The number of nitrogens with two attached hydrogens (primary N) is 1. The molecule has 2 aromatic heterocycles. The first kappa shape index (κ1) is 16.2. The number of nitrogen functional groups attached to an aromatic ring is 1. The Bertz CT molecular complexity index is 1020. The Kier molecular flexibility index (Phi) is 4.28. The maximum Gasteiger partial charge on any atom is 0.251 e. The van der Waals surface area contributed by atoms with Crippen molar-refractivity contribution < 1.29 is 4.79 Å². The van der Waals surface area contributed by atoms with Gasteiger partial charge in [0.05, 0.1) is 10.9 Å². The Balaban J connectivity index is 1.57. The fourth-order valence-electron chi connectivity index (χ4n) is 3.30. The third kappa shape index (κ3) is 3.24. The number of anilines is 1. The minimum absolute atomic E-state index is 0.0368. The first-order valence-corrected chi connectivity index (χ1v) is 8.71. The van der Waals surface area contributed by atoms with Crippen molar-refractivity contribution in [2.24, 2.45) is 0 Å². The van der Waals surface area contributed by atoms with E-state index in [4.69, 9.17) is 5.73 Å². The molecule has 0 radical (unpaired) electrons. The number of rotatable bonds is 2. The summed E-state index contributed by atoms with van der Waals surface area (Å²) in [6, 6.07) is 7.65. The highest BCUT2D eigenvalue weighted by atomic mass is 16.1. The highest BCUT2D eigenvalue weighted by Gasteiger charge is 2.17. The summed E-state index contributed by atoms with van der Waals surface area (Å²) in [5.74, 6) is 6.54. The molecule has 1 aliphatic rings. The van der Waals surface area contributed by atoms with Crippen LogP contribution in [0, 0.1) is 11.8 Å². The molecule has 1 aliphatic carbocycles. The number of amides is 1. The number of H-pyrrole nitrogens is 1. The van der Waals surface area contributed by atoms with Crippen molar-refractivity contribution in [2.45, 2.75) is 31.7 Å². The summed E-state index contributed by atoms with van der Waals surface area (Å²) in [6.07, 6.45) is 7.68. The van der Waals surface area contributed by atoms with Gasteiger partial charge in [0.25, 0.3) is 5.91 Å². The van der Waals surface area contributed by atoms with Crippen molar-refractivity contribution in [3.8, 4) is 11.8 Å². The van der Waals surface area contributed by atoms with Gasteiger partial charge in [-0.2, -0.15) is 0 Å². The fourth-order valence-corrected chi connectivity index (χ4v) is 3.30. The maximum atomic E-state index is 12.4. The van der Waals surface area contributed by atoms with Crippen molar-refractivity contribution in [3.63, 3.8) is 0 Å². The predicted molar refractivity (Wildman–Crippen MR) is 100 cm³/mol. The molecule has 0 aliphatic heterocycles. The Morgan fingerprint density at radius 3 is 2.92 bits per heavy atom. The van der Waals surface area contributed by atoms with Gasteiger partial charge in [0.1, 0.15) is 17.8 Å². The van der Waals surface area contributed by atoms with Crippen LogP contribution in [0.3, 0.4) is 0 Å². The van der Waals surface area contributed by atoms with Crippen molar-refractivity contribution in [1.82, 2.24) is 20.3 Å². The lowest BCUT2D eigenvalue weighted by Crippen LogP contribution is -2.32. The maximum absolute atomic E-state index is 12.4. The molecular formula is C20H19N5O. The minimum atomic E-state index is -0.0368. The number of carbonyl (C=O) groups excluding carboxylic acids is 1. The van der Waals surface area contributed by atoms with Crippen LogP contribution in [0.15, 0.2) is 36.8 Å². The molecule has 6 nitrogen and oxygen atoms in total. The van der Waals surface area contributed by atoms with Crippen molar-refractivity contribution in [1.29, 1.82) is 0 Å². The van der Waals surface area contributed by atoms with Gasteiger partial charge in [-0.1, -0.05) is 30.7 Å². The molecule has 1 aromatic carbocycles. The SMILES string of the molecule is Nc1ncnc2[nH]cc(C#Cc3cccc(C(=O)NC4CCCC4)c3)c12. The third-order valence-electron chi connectivity index (χ3n) is 4.66. The third-order valence-corrected chi connectivity index (χ3v) is 4.66. The van der Waals surface area contributed by atoms with Crippen LogP contribution in [0.1, 0.15) is 47.2 Å². The van der Waals surface area contributed by atoms with Gasteiger partial charge in [0.2, 0.25) is 0 Å². The second-order valence-corrected chi connectivity index (χ2v) is 6.47. The van der Waals surface area contributed by atoms with Crippen LogP contribution in [0.2, 0.25) is 0 Å². The summed E-state index contributed by atoms with van der Waals surface area (Å²) in [6.45, 7) is 0. The lowest BCUT2D eigenvalue weighted by Gasteiger charge is -2.11. The van der Waals surface area contributed by atoms with Crippen molar-refractivity contribution >= 4 is 22.8 Å². The van der Waals surface area contributed by atoms with E-state index in [-0.39, 0.29) is 5.91 Å². The van der Waals surface area contributed by atoms with Gasteiger partial charge in [-0.3, -0.25) is 4.79 Å². The molecule has 0 spiro atoms. The molecule has 4 N–H and O–H groups in total. The highest BCUT2D eigenvalue weighted by molar-refractivity contribution is 5.95. The van der Waals surface area contributed by atoms with E-state index >= 15 is 0 Å². The smallest absolute Gasteiger partial charge is 0.251 e. The first-order valence-electron chi connectivity index (χ1n) is 8.71. The van der Waals surface area contributed by atoms with E-state index in [2.05, 4.69) is 32.1 Å². The topological polar surface area (TPSA) is 96.7 Å². The molecule has 0 saturated heterocycles. The van der Waals surface area contributed by atoms with Gasteiger partial charge in [-0.25, -0.2) is 9.97 Å². The molecule has 26 heavy (non-hydrogen) atoms. The molecule has 1 amide bonds. The minimum Gasteiger partial charge on any atom is -0.383 e. The summed E-state index contributed by atoms with van der Waals surface area (Å²) in [7, 11) is 0. The van der Waals surface area contributed by atoms with E-state index in [9.17, 15) is 4.79 Å². The summed E-state index contributed by atoms with van der Waals surface area (Å²) in [4.78, 5) is 23.6. The van der Waals surface area contributed by atoms with Gasteiger partial charge in [0.15, 0.2) is 0 Å². The monoisotopic (exact) mass is 345 g/mol. The summed E-state index contributed by atoms with van der Waals surface area (Å²) < 4.78 is 0. The number of nitrogens with zero attached hydrogens (tertiary/aromatic N) is 2. The van der Waals surface area contributed by atoms with E-state index in [1.54, 1.807) is 6.20 Å². The molecule has 1 fully saturated rings. The van der Waals surface area contributed by atoms with Crippen LogP contribution < -0.4 is 11.1 Å². The summed E-state index contributed by atoms with van der Waals surface area (Å²) in [5, 5.41) is 3.82. The Morgan fingerprint density at radius 2 is 2.08 bits per heavy atom. The lowest BCUT2D eigenvalue weighted by molar-refractivity contribution is 0.0938. The largest absolute Gasteiger partial charge is 0.383 e. The number of benzene rings is 1. The molecular weight excluding hydrogens is 326 g/mol. The van der Waals surface area contributed by atoms with Crippen LogP contribution in [-0.4, -0.2) is 26.9 Å². The predicted octanol–water partition coefficient (Wildman–Crippen LogP) is 2.61. The van der Waals surface area contributed by atoms with Crippen LogP contribution in [-0.2, 0) is 0 Å². The average molecular weight is 345 g/mol. The van der Waals surface area contributed by atoms with E-state index in [1.807, 2.05) is 24.3 Å². The van der Waals surface area contributed by atoms with Crippen molar-refractivity contribution in [2.75, 3.05) is 5.73 Å². The second-order valence-electron chi connectivity index (χ2n) is 6.47. The Morgan fingerprint density at radius 1 is 1.23 bits per heavy atom.